The molecule has 0 saturated carbocycles. The molecule has 11 heteroatoms. The van der Waals surface area contributed by atoms with Gasteiger partial charge in [0.25, 0.3) is 0 Å². The summed E-state index contributed by atoms with van der Waals surface area (Å²) in [4.78, 5) is 31.2. The fraction of sp³-hybridized carbons (Fsp3) is 0.469. The third-order valence-corrected chi connectivity index (χ3v) is 7.72. The van der Waals surface area contributed by atoms with E-state index in [0.29, 0.717) is 68.8 Å². The van der Waals surface area contributed by atoms with Crippen LogP contribution in [-0.2, 0) is 24.2 Å². The van der Waals surface area contributed by atoms with Crippen LogP contribution in [0.15, 0.2) is 48.9 Å². The molecule has 2 aliphatic rings. The summed E-state index contributed by atoms with van der Waals surface area (Å²) in [5, 5.41) is 12.6. The van der Waals surface area contributed by atoms with Crippen molar-refractivity contribution in [2.24, 2.45) is 0 Å². The van der Waals surface area contributed by atoms with Crippen LogP contribution in [0.5, 0.6) is 0 Å². The Morgan fingerprint density at radius 1 is 1.21 bits per heavy atom. The maximum Gasteiger partial charge on any atom is 0.317 e. The quantitative estimate of drug-likeness (QED) is 0.230. The summed E-state index contributed by atoms with van der Waals surface area (Å²) < 4.78 is 29.9. The number of para-hydroxylation sites is 1. The van der Waals surface area contributed by atoms with Crippen molar-refractivity contribution in [3.63, 3.8) is 0 Å². The highest BCUT2D eigenvalue weighted by molar-refractivity contribution is 5.94. The van der Waals surface area contributed by atoms with E-state index in [2.05, 4.69) is 26.3 Å². The maximum absolute atomic E-state index is 14.4. The molecular formula is C32H43F2N7O2. The molecule has 232 valence electrons. The van der Waals surface area contributed by atoms with Crippen molar-refractivity contribution < 1.29 is 18.4 Å². The first-order valence-corrected chi connectivity index (χ1v) is 15.3. The summed E-state index contributed by atoms with van der Waals surface area (Å²) in [6, 6.07) is 9.71. The van der Waals surface area contributed by atoms with Gasteiger partial charge in [0.2, 0.25) is 5.91 Å². The van der Waals surface area contributed by atoms with Gasteiger partial charge in [0.15, 0.2) is 5.82 Å². The van der Waals surface area contributed by atoms with Gasteiger partial charge in [-0.3, -0.25) is 4.79 Å². The van der Waals surface area contributed by atoms with Crippen LogP contribution in [0.25, 0.3) is 5.69 Å². The van der Waals surface area contributed by atoms with Crippen molar-refractivity contribution in [1.29, 1.82) is 0 Å². The zero-order valence-electron chi connectivity index (χ0n) is 25.3. The van der Waals surface area contributed by atoms with E-state index in [4.69, 9.17) is 0 Å². The number of anilines is 1. The second kappa shape index (κ2) is 15.6. The smallest absolute Gasteiger partial charge is 0.317 e. The highest BCUT2D eigenvalue weighted by atomic mass is 19.1. The number of benzene rings is 2. The summed E-state index contributed by atoms with van der Waals surface area (Å²) in [5.41, 5.74) is 3.23. The van der Waals surface area contributed by atoms with Gasteiger partial charge in [-0.2, -0.15) is 0 Å². The van der Waals surface area contributed by atoms with Gasteiger partial charge >= 0.3 is 6.03 Å². The van der Waals surface area contributed by atoms with Crippen molar-refractivity contribution in [2.45, 2.75) is 71.5 Å². The molecule has 3 amide bonds. The average molecular weight is 596 g/mol. The Bertz CT molecular complexity index is 1380. The van der Waals surface area contributed by atoms with E-state index in [0.717, 1.165) is 30.3 Å². The van der Waals surface area contributed by atoms with Gasteiger partial charge in [0.05, 0.1) is 17.9 Å². The molecule has 2 aromatic carbocycles. The number of imidazole rings is 1. The second-order valence-corrected chi connectivity index (χ2v) is 10.7. The summed E-state index contributed by atoms with van der Waals surface area (Å²) in [6.07, 6.45) is 6.56. The van der Waals surface area contributed by atoms with Crippen molar-refractivity contribution in [1.82, 2.24) is 30.4 Å². The minimum atomic E-state index is -0.554. The molecule has 0 radical (unpaired) electrons. The topological polar surface area (TPSA) is 103 Å². The summed E-state index contributed by atoms with van der Waals surface area (Å²) in [7, 11) is 0. The molecule has 1 saturated heterocycles. The Morgan fingerprint density at radius 3 is 2.79 bits per heavy atom. The van der Waals surface area contributed by atoms with Gasteiger partial charge in [-0.05, 0) is 54.5 Å². The molecule has 3 aromatic rings. The van der Waals surface area contributed by atoms with E-state index >= 15 is 0 Å². The molecule has 4 N–H and O–H groups in total. The molecule has 9 nitrogen and oxygen atoms in total. The minimum absolute atomic E-state index is 0.0220. The van der Waals surface area contributed by atoms with Crippen molar-refractivity contribution in [3.8, 4) is 5.69 Å². The predicted molar refractivity (Wildman–Crippen MR) is 164 cm³/mol. The lowest BCUT2D eigenvalue weighted by molar-refractivity contribution is -0.118. The Morgan fingerprint density at radius 2 is 2.02 bits per heavy atom. The first-order valence-electron chi connectivity index (χ1n) is 15.3. The Hall–Kier alpha value is -3.83. The molecule has 1 aromatic heterocycles. The van der Waals surface area contributed by atoms with Crippen molar-refractivity contribution in [3.05, 3.63) is 77.2 Å². The number of nitrogens with one attached hydrogen (secondary N) is 4. The number of carbonyl (C=O) groups excluding carboxylic acids is 2. The van der Waals surface area contributed by atoms with Crippen LogP contribution in [0.3, 0.4) is 0 Å². The van der Waals surface area contributed by atoms with Crippen molar-refractivity contribution >= 4 is 17.8 Å². The zero-order chi connectivity index (χ0) is 30.8. The summed E-state index contributed by atoms with van der Waals surface area (Å²) in [5.74, 6) is -0.829. The first-order chi connectivity index (χ1) is 20.9. The van der Waals surface area contributed by atoms with Crippen LogP contribution in [0, 0.1) is 11.6 Å². The number of hydrogen-bond acceptors (Lipinski definition) is 5. The number of aromatic nitrogens is 2. The lowest BCUT2D eigenvalue weighted by atomic mass is 9.87. The standard InChI is InChI=1S/C30H37F2N7O2.C2H6/c1-2-5-26(36-23-9-8-20-14-22(31)15-25(32)24(20)16-23)29(40)37-28-18-39(19-35-28)27-7-4-3-6-21(27)17-33-10-12-38-13-11-34-30(38)41;1-2/h3-4,6-7,14-15,18-19,23,26,33,36H,2,5,8-13,16-17H2,1H3,(H,34,41)(H,37,40);1-2H3/t23?,26-;/m0./s1. The van der Waals surface area contributed by atoms with E-state index in [1.54, 1.807) is 17.4 Å². The van der Waals surface area contributed by atoms with Crippen LogP contribution in [0.2, 0.25) is 0 Å². The Labute approximate surface area is 252 Å². The Balaban J connectivity index is 0.00000207. The van der Waals surface area contributed by atoms with Crippen LogP contribution >= 0.6 is 0 Å². The number of halogens is 2. The molecule has 1 aliphatic heterocycles. The van der Waals surface area contributed by atoms with E-state index in [1.165, 1.54) is 6.07 Å². The molecule has 1 fully saturated rings. The number of amides is 3. The molecule has 1 unspecified atom stereocenters. The van der Waals surface area contributed by atoms with Gasteiger partial charge in [-0.25, -0.2) is 18.6 Å². The van der Waals surface area contributed by atoms with Gasteiger partial charge in [0.1, 0.15) is 18.0 Å². The molecule has 0 bridgehead atoms. The lowest BCUT2D eigenvalue weighted by Gasteiger charge is -2.29. The molecule has 0 spiro atoms. The number of nitrogens with zero attached hydrogens (tertiary/aromatic N) is 3. The largest absolute Gasteiger partial charge is 0.336 e. The number of carbonyl (C=O) groups is 2. The van der Waals surface area contributed by atoms with E-state index < -0.39 is 17.7 Å². The highest BCUT2D eigenvalue weighted by Gasteiger charge is 2.27. The normalized spacial score (nSPS) is 16.6. The van der Waals surface area contributed by atoms with Crippen LogP contribution in [0.1, 0.15) is 56.7 Å². The number of urea groups is 1. The summed E-state index contributed by atoms with van der Waals surface area (Å²) >= 11 is 0. The lowest BCUT2D eigenvalue weighted by Crippen LogP contribution is -2.48. The minimum Gasteiger partial charge on any atom is -0.336 e. The average Bonchev–Trinajstić information content (AvgIpc) is 3.65. The third kappa shape index (κ3) is 8.39. The molecule has 5 rings (SSSR count). The molecule has 43 heavy (non-hydrogen) atoms. The van der Waals surface area contributed by atoms with Crippen molar-refractivity contribution in [2.75, 3.05) is 31.5 Å². The summed E-state index contributed by atoms with van der Waals surface area (Å²) in [6.45, 7) is 9.36. The van der Waals surface area contributed by atoms with Gasteiger partial charge in [0, 0.05) is 44.8 Å². The number of hydrogen-bond donors (Lipinski definition) is 4. The van der Waals surface area contributed by atoms with Crippen LogP contribution in [0.4, 0.5) is 19.4 Å². The molecular weight excluding hydrogens is 552 g/mol. The second-order valence-electron chi connectivity index (χ2n) is 10.7. The Kier molecular flexibility index (Phi) is 11.6. The van der Waals surface area contributed by atoms with Gasteiger partial charge in [-0.1, -0.05) is 45.4 Å². The number of fused-ring (bicyclic) bond motifs is 1. The number of aryl methyl sites for hydroxylation is 1. The monoisotopic (exact) mass is 595 g/mol. The third-order valence-electron chi connectivity index (χ3n) is 7.72. The van der Waals surface area contributed by atoms with Gasteiger partial charge in [-0.15, -0.1) is 0 Å². The predicted octanol–water partition coefficient (Wildman–Crippen LogP) is 4.55. The van der Waals surface area contributed by atoms with E-state index in [-0.39, 0.29) is 18.0 Å². The molecule has 1 aliphatic carbocycles. The fourth-order valence-corrected chi connectivity index (χ4v) is 5.60. The van der Waals surface area contributed by atoms with Crippen LogP contribution < -0.4 is 21.3 Å². The first kappa shape index (κ1) is 32.1. The maximum atomic E-state index is 14.4. The number of rotatable bonds is 12. The zero-order valence-corrected chi connectivity index (χ0v) is 25.3. The SMILES string of the molecule is CC.CCC[C@H](NC1CCc2cc(F)cc(F)c2C1)C(=O)Nc1cn(-c2ccccc2CNCCN2CCNC2=O)cn1. The van der Waals surface area contributed by atoms with Gasteiger partial charge < -0.3 is 30.7 Å². The molecule has 2 heterocycles. The fourth-order valence-electron chi connectivity index (χ4n) is 5.60. The van der Waals surface area contributed by atoms with E-state index in [9.17, 15) is 18.4 Å². The molecule has 2 atom stereocenters. The highest BCUT2D eigenvalue weighted by Crippen LogP contribution is 2.26. The van der Waals surface area contributed by atoms with E-state index in [1.807, 2.05) is 49.6 Å². The van der Waals surface area contributed by atoms with Crippen LogP contribution in [-0.4, -0.2) is 64.7 Å².